The molecule has 9 heteroatoms. The smallest absolute Gasteiger partial charge is 0.387 e. The zero-order chi connectivity index (χ0) is 19.0. The fourth-order valence-corrected chi connectivity index (χ4v) is 3.46. The van der Waals surface area contributed by atoms with Gasteiger partial charge in [0.05, 0.1) is 12.1 Å². The van der Waals surface area contributed by atoms with Crippen molar-refractivity contribution in [3.63, 3.8) is 0 Å². The van der Waals surface area contributed by atoms with E-state index < -0.39 is 12.7 Å². The first-order valence-corrected chi connectivity index (χ1v) is 8.55. The number of nitrogens with zero attached hydrogens (tertiary/aromatic N) is 3. The summed E-state index contributed by atoms with van der Waals surface area (Å²) in [5, 5.41) is 7.83. The molecule has 1 aliphatic rings. The van der Waals surface area contributed by atoms with E-state index in [1.165, 1.54) is 30.6 Å². The Morgan fingerprint density at radius 2 is 1.96 bits per heavy atom. The molecule has 1 aromatic heterocycles. The third-order valence-corrected chi connectivity index (χ3v) is 4.68. The van der Waals surface area contributed by atoms with Gasteiger partial charge >= 0.3 is 6.61 Å². The molecular formula is C18H14ClF3N4O. The van der Waals surface area contributed by atoms with Crippen LogP contribution in [0.3, 0.4) is 0 Å². The Morgan fingerprint density at radius 1 is 1.19 bits per heavy atom. The molecule has 0 aliphatic carbocycles. The standard InChI is InChI=1S/C18H14ClF3N4O/c19-11-3-6-16(27-17(21)22)13(7-11)15-8-14(10-1-4-12(20)5-2-10)25-18-23-9-24-26(15)18/h1-7,9,14-15,17H,8H2,(H,23,24,25). The van der Waals surface area contributed by atoms with Crippen molar-refractivity contribution in [2.24, 2.45) is 0 Å². The lowest BCUT2D eigenvalue weighted by Gasteiger charge is -2.32. The van der Waals surface area contributed by atoms with Crippen molar-refractivity contribution in [2.45, 2.75) is 25.1 Å². The molecule has 5 nitrogen and oxygen atoms in total. The predicted molar refractivity (Wildman–Crippen MR) is 93.6 cm³/mol. The first-order chi connectivity index (χ1) is 13.0. The van der Waals surface area contributed by atoms with E-state index in [0.29, 0.717) is 23.0 Å². The second-order valence-electron chi connectivity index (χ2n) is 6.09. The van der Waals surface area contributed by atoms with E-state index in [1.54, 1.807) is 22.9 Å². The summed E-state index contributed by atoms with van der Waals surface area (Å²) in [5.74, 6) is 0.167. The predicted octanol–water partition coefficient (Wildman–Crippen LogP) is 4.82. The number of hydrogen-bond acceptors (Lipinski definition) is 4. The van der Waals surface area contributed by atoms with Crippen LogP contribution in [0.2, 0.25) is 5.02 Å². The lowest BCUT2D eigenvalue weighted by atomic mass is 9.93. The minimum Gasteiger partial charge on any atom is -0.434 e. The number of alkyl halides is 2. The van der Waals surface area contributed by atoms with E-state index in [1.807, 2.05) is 0 Å². The highest BCUT2D eigenvalue weighted by molar-refractivity contribution is 6.30. The molecule has 0 fully saturated rings. The summed E-state index contributed by atoms with van der Waals surface area (Å²) in [5.41, 5.74) is 1.32. The van der Waals surface area contributed by atoms with E-state index in [4.69, 9.17) is 11.6 Å². The molecule has 2 aromatic carbocycles. The number of hydrogen-bond donors (Lipinski definition) is 1. The van der Waals surface area contributed by atoms with Crippen molar-refractivity contribution in [1.82, 2.24) is 14.8 Å². The number of halogens is 4. The number of rotatable bonds is 4. The summed E-state index contributed by atoms with van der Waals surface area (Å²) in [4.78, 5) is 4.18. The number of nitrogens with one attached hydrogen (secondary N) is 1. The van der Waals surface area contributed by atoms with Gasteiger partial charge in [-0.1, -0.05) is 23.7 Å². The van der Waals surface area contributed by atoms with Crippen LogP contribution < -0.4 is 10.1 Å². The van der Waals surface area contributed by atoms with Gasteiger partial charge in [-0.3, -0.25) is 0 Å². The number of aromatic nitrogens is 3. The van der Waals surface area contributed by atoms with Crippen molar-refractivity contribution >= 4 is 17.5 Å². The van der Waals surface area contributed by atoms with Gasteiger partial charge in [0.1, 0.15) is 17.9 Å². The largest absolute Gasteiger partial charge is 0.434 e. The summed E-state index contributed by atoms with van der Waals surface area (Å²) in [7, 11) is 0. The number of ether oxygens (including phenoxy) is 1. The van der Waals surface area contributed by atoms with Crippen LogP contribution in [0, 0.1) is 5.82 Å². The van der Waals surface area contributed by atoms with Gasteiger partial charge in [-0.2, -0.15) is 18.9 Å². The average molecular weight is 395 g/mol. The third kappa shape index (κ3) is 3.57. The highest BCUT2D eigenvalue weighted by Gasteiger charge is 2.32. The quantitative estimate of drug-likeness (QED) is 0.689. The lowest BCUT2D eigenvalue weighted by Crippen LogP contribution is -2.28. The zero-order valence-corrected chi connectivity index (χ0v) is 14.6. The Labute approximate surface area is 157 Å². The monoisotopic (exact) mass is 394 g/mol. The number of benzene rings is 2. The van der Waals surface area contributed by atoms with Crippen LogP contribution in [-0.2, 0) is 0 Å². The summed E-state index contributed by atoms with van der Waals surface area (Å²) < 4.78 is 45.2. The molecule has 2 heterocycles. The van der Waals surface area contributed by atoms with Crippen molar-refractivity contribution < 1.29 is 17.9 Å². The van der Waals surface area contributed by atoms with Gasteiger partial charge in [0, 0.05) is 10.6 Å². The van der Waals surface area contributed by atoms with Crippen molar-refractivity contribution in [1.29, 1.82) is 0 Å². The Morgan fingerprint density at radius 3 is 2.70 bits per heavy atom. The maximum absolute atomic E-state index is 13.3. The van der Waals surface area contributed by atoms with Gasteiger partial charge in [0.25, 0.3) is 0 Å². The summed E-state index contributed by atoms with van der Waals surface area (Å²) in [6, 6.07) is 9.92. The molecule has 0 bridgehead atoms. The maximum Gasteiger partial charge on any atom is 0.387 e. The summed E-state index contributed by atoms with van der Waals surface area (Å²) >= 11 is 6.10. The fourth-order valence-electron chi connectivity index (χ4n) is 3.28. The molecule has 1 N–H and O–H groups in total. The Bertz CT molecular complexity index is 948. The van der Waals surface area contributed by atoms with Crippen LogP contribution in [0.1, 0.15) is 29.6 Å². The molecule has 0 saturated heterocycles. The second kappa shape index (κ2) is 7.11. The molecule has 0 radical (unpaired) electrons. The van der Waals surface area contributed by atoms with E-state index in [2.05, 4.69) is 20.1 Å². The van der Waals surface area contributed by atoms with E-state index in [-0.39, 0.29) is 17.6 Å². The average Bonchev–Trinajstić information content (AvgIpc) is 3.11. The molecule has 2 atom stereocenters. The molecule has 0 saturated carbocycles. The molecule has 0 spiro atoms. The zero-order valence-electron chi connectivity index (χ0n) is 13.8. The van der Waals surface area contributed by atoms with E-state index in [9.17, 15) is 13.2 Å². The highest BCUT2D eigenvalue weighted by atomic mass is 35.5. The molecule has 3 aromatic rings. The minimum absolute atomic E-state index is 0.0283. The fraction of sp³-hybridized carbons (Fsp3) is 0.222. The van der Waals surface area contributed by atoms with Crippen LogP contribution in [0.5, 0.6) is 5.75 Å². The SMILES string of the molecule is Fc1ccc(C2CC(c3cc(Cl)ccc3OC(F)F)n3ncnc3N2)cc1. The highest BCUT2D eigenvalue weighted by Crippen LogP contribution is 2.41. The van der Waals surface area contributed by atoms with Gasteiger partial charge in [0.2, 0.25) is 5.95 Å². The van der Waals surface area contributed by atoms with Crippen LogP contribution in [0.25, 0.3) is 0 Å². The summed E-state index contributed by atoms with van der Waals surface area (Å²) in [6.45, 7) is -2.96. The maximum atomic E-state index is 13.3. The van der Waals surface area contributed by atoms with Gasteiger partial charge in [-0.05, 0) is 42.3 Å². The molecule has 0 amide bonds. The number of fused-ring (bicyclic) bond motifs is 1. The van der Waals surface area contributed by atoms with E-state index >= 15 is 0 Å². The topological polar surface area (TPSA) is 52.0 Å². The van der Waals surface area contributed by atoms with Crippen molar-refractivity contribution in [2.75, 3.05) is 5.32 Å². The molecular weight excluding hydrogens is 381 g/mol. The van der Waals surface area contributed by atoms with Crippen LogP contribution >= 0.6 is 11.6 Å². The van der Waals surface area contributed by atoms with Crippen LogP contribution in [0.4, 0.5) is 19.1 Å². The first kappa shape index (κ1) is 17.7. The molecule has 2 unspecified atom stereocenters. The molecule has 27 heavy (non-hydrogen) atoms. The minimum atomic E-state index is -2.96. The van der Waals surface area contributed by atoms with Crippen LogP contribution in [-0.4, -0.2) is 21.4 Å². The lowest BCUT2D eigenvalue weighted by molar-refractivity contribution is -0.0507. The molecule has 1 aliphatic heterocycles. The first-order valence-electron chi connectivity index (χ1n) is 8.17. The van der Waals surface area contributed by atoms with Crippen molar-refractivity contribution in [3.05, 3.63) is 70.8 Å². The van der Waals surface area contributed by atoms with E-state index in [0.717, 1.165) is 5.56 Å². The summed E-state index contributed by atoms with van der Waals surface area (Å²) in [6.07, 6.45) is 1.84. The van der Waals surface area contributed by atoms with Gasteiger partial charge < -0.3 is 10.1 Å². The molecule has 140 valence electrons. The normalized spacial score (nSPS) is 18.9. The second-order valence-corrected chi connectivity index (χ2v) is 6.53. The van der Waals surface area contributed by atoms with Crippen molar-refractivity contribution in [3.8, 4) is 5.75 Å². The van der Waals surface area contributed by atoms with Gasteiger partial charge in [-0.25, -0.2) is 9.07 Å². The van der Waals surface area contributed by atoms with Gasteiger partial charge in [-0.15, -0.1) is 0 Å². The Kier molecular flexibility index (Phi) is 4.65. The number of anilines is 1. The van der Waals surface area contributed by atoms with Gasteiger partial charge in [0.15, 0.2) is 0 Å². The van der Waals surface area contributed by atoms with Crippen LogP contribution in [0.15, 0.2) is 48.8 Å². The molecule has 4 rings (SSSR count). The third-order valence-electron chi connectivity index (χ3n) is 4.45. The Hall–Kier alpha value is -2.74. The Balaban J connectivity index is 1.76.